The van der Waals surface area contributed by atoms with Gasteiger partial charge in [0.1, 0.15) is 0 Å². The molecule has 0 saturated carbocycles. The monoisotopic (exact) mass is 144 g/mol. The van der Waals surface area contributed by atoms with Crippen LogP contribution < -0.4 is 18.9 Å². The smallest absolute Gasteiger partial charge is 2.00 e. The van der Waals surface area contributed by atoms with Crippen LogP contribution in [0.5, 0.6) is 0 Å². The molecule has 0 aromatic carbocycles. The minimum Gasteiger partial charge on any atom is -2.00 e. The van der Waals surface area contributed by atoms with Crippen molar-refractivity contribution in [2.24, 2.45) is 0 Å². The Bertz CT molecular complexity index is 13.5. The molecule has 5 heavy (non-hydrogen) atoms. The minimum absolute atomic E-state index is 0. The normalized spacial score (nSPS) is 0. The molecule has 0 radical (unpaired) electrons. The van der Waals surface area contributed by atoms with Crippen LogP contribution in [0.3, 0.4) is 0 Å². The Morgan fingerprint density at radius 3 is 1.00 bits per heavy atom. The fourth-order valence-electron chi connectivity index (χ4n) is 0. The molecule has 0 aromatic rings. The topological polar surface area (TPSA) is 57.0 Å². The molecule has 26 valence electrons. The Hall–Kier alpha value is 1.75. The van der Waals surface area contributed by atoms with E-state index in [-0.39, 0.29) is 70.0 Å². The summed E-state index contributed by atoms with van der Waals surface area (Å²) in [5.74, 6) is 0. The van der Waals surface area contributed by atoms with E-state index < -0.39 is 0 Å². The van der Waals surface area contributed by atoms with Crippen molar-refractivity contribution in [2.75, 3.05) is 0 Å². The summed E-state index contributed by atoms with van der Waals surface area (Å²) in [4.78, 5) is 0. The van der Waals surface area contributed by atoms with Gasteiger partial charge >= 0.3 is 40.6 Å². The standard InChI is InChI=1S/Fe.Li.2O.Ti.H/q;+1;2*-2;+4;-1. The molecule has 0 heterocycles. The molecule has 0 saturated heterocycles. The molecule has 0 aliphatic rings. The van der Waals surface area contributed by atoms with E-state index in [2.05, 4.69) is 0 Å². The Balaban J connectivity index is 0. The van der Waals surface area contributed by atoms with Crippen LogP contribution in [0.1, 0.15) is 1.43 Å². The fraction of sp³-hybridized carbons (Fsp3) is 0. The van der Waals surface area contributed by atoms with E-state index in [4.69, 9.17) is 0 Å². The van der Waals surface area contributed by atoms with E-state index >= 15 is 0 Å². The van der Waals surface area contributed by atoms with Crippen LogP contribution in [0.25, 0.3) is 0 Å². The van der Waals surface area contributed by atoms with Crippen LogP contribution in [0.4, 0.5) is 0 Å². The summed E-state index contributed by atoms with van der Waals surface area (Å²) in [5.41, 5.74) is 0. The predicted molar refractivity (Wildman–Crippen MR) is 2.49 cm³/mol. The van der Waals surface area contributed by atoms with Crippen molar-refractivity contribution in [3.05, 3.63) is 0 Å². The average Bonchev–Trinajstić information content (AvgIpc) is 0. The third-order valence-corrected chi connectivity index (χ3v) is 0. The molecular formula is HFeLiO2Ti. The van der Waals surface area contributed by atoms with Gasteiger partial charge in [-0.3, -0.25) is 0 Å². The van der Waals surface area contributed by atoms with Gasteiger partial charge in [-0.25, -0.2) is 0 Å². The molecule has 0 N–H and O–H groups in total. The Morgan fingerprint density at radius 1 is 1.00 bits per heavy atom. The second-order valence-electron chi connectivity index (χ2n) is 0. The Morgan fingerprint density at radius 2 is 1.00 bits per heavy atom. The summed E-state index contributed by atoms with van der Waals surface area (Å²) in [6, 6.07) is 0. The number of hydrogen-bond acceptors (Lipinski definition) is 0. The van der Waals surface area contributed by atoms with E-state index in [0.29, 0.717) is 0 Å². The van der Waals surface area contributed by atoms with Crippen molar-refractivity contribution in [1.82, 2.24) is 0 Å². The summed E-state index contributed by atoms with van der Waals surface area (Å²) in [7, 11) is 0. The molecule has 0 fully saturated rings. The van der Waals surface area contributed by atoms with Crippen molar-refractivity contribution in [3.63, 3.8) is 0 Å². The van der Waals surface area contributed by atoms with Crippen LogP contribution in [-0.4, -0.2) is 0 Å². The van der Waals surface area contributed by atoms with Gasteiger partial charge in [0.15, 0.2) is 0 Å². The van der Waals surface area contributed by atoms with Gasteiger partial charge in [0.05, 0.1) is 0 Å². The van der Waals surface area contributed by atoms with Gasteiger partial charge in [-0.05, 0) is 0 Å². The average molecular weight is 144 g/mol. The summed E-state index contributed by atoms with van der Waals surface area (Å²) >= 11 is 0. The van der Waals surface area contributed by atoms with Crippen LogP contribution in [0.15, 0.2) is 0 Å². The maximum atomic E-state index is 0. The van der Waals surface area contributed by atoms with E-state index in [9.17, 15) is 0 Å². The third kappa shape index (κ3) is 26.4. The van der Waals surface area contributed by atoms with Gasteiger partial charge < -0.3 is 12.4 Å². The molecule has 0 rings (SSSR count). The van der Waals surface area contributed by atoms with E-state index in [1.165, 1.54) is 0 Å². The zero-order valence-electron chi connectivity index (χ0n) is 3.67. The zero-order valence-corrected chi connectivity index (χ0v) is 5.34. The number of rotatable bonds is 0. The molecular weight excluding hydrogens is 143 g/mol. The Kier molecular flexibility index (Phi) is 617. The van der Waals surface area contributed by atoms with Gasteiger partial charge in [0.2, 0.25) is 0 Å². The van der Waals surface area contributed by atoms with E-state index in [0.717, 1.165) is 0 Å². The molecule has 0 unspecified atom stereocenters. The predicted octanol–water partition coefficient (Wildman–Crippen LogP) is -3.13. The van der Waals surface area contributed by atoms with Gasteiger partial charge in [0.25, 0.3) is 0 Å². The van der Waals surface area contributed by atoms with Crippen LogP contribution in [0.2, 0.25) is 0 Å². The second kappa shape index (κ2) is 42.3. The third-order valence-electron chi connectivity index (χ3n) is 0. The quantitative estimate of drug-likeness (QED) is 0.322. The molecule has 2 nitrogen and oxygen atoms in total. The van der Waals surface area contributed by atoms with Crippen LogP contribution in [-0.2, 0) is 49.7 Å². The van der Waals surface area contributed by atoms with Crippen molar-refractivity contribution in [2.45, 2.75) is 0 Å². The Labute approximate surface area is 69.7 Å². The first-order chi connectivity index (χ1) is 0. The molecule has 0 amide bonds. The second-order valence-corrected chi connectivity index (χ2v) is 0. The minimum atomic E-state index is 0. The molecule has 0 atom stereocenters. The first-order valence-electron chi connectivity index (χ1n) is 0. The van der Waals surface area contributed by atoms with Gasteiger partial charge in [-0.15, -0.1) is 0 Å². The van der Waals surface area contributed by atoms with Crippen molar-refractivity contribution in [3.8, 4) is 0 Å². The summed E-state index contributed by atoms with van der Waals surface area (Å²) in [5, 5.41) is 0. The van der Waals surface area contributed by atoms with Crippen LogP contribution >= 0.6 is 0 Å². The summed E-state index contributed by atoms with van der Waals surface area (Å²) in [6.45, 7) is 0. The van der Waals surface area contributed by atoms with Crippen molar-refractivity contribution >= 4 is 0 Å². The maximum absolute atomic E-state index is 0. The van der Waals surface area contributed by atoms with Gasteiger partial charge in [-0.2, -0.15) is 0 Å². The number of hydrogen-bond donors (Lipinski definition) is 0. The molecule has 0 aliphatic carbocycles. The largest absolute Gasteiger partial charge is 4.00 e. The van der Waals surface area contributed by atoms with Crippen molar-refractivity contribution in [1.29, 1.82) is 0 Å². The molecule has 0 aliphatic heterocycles. The zero-order chi connectivity index (χ0) is 0. The molecule has 0 bridgehead atoms. The first kappa shape index (κ1) is 72.8. The molecule has 0 spiro atoms. The molecule has 5 heteroatoms. The van der Waals surface area contributed by atoms with Gasteiger partial charge in [0, 0.05) is 17.1 Å². The van der Waals surface area contributed by atoms with Gasteiger partial charge in [-0.1, -0.05) is 0 Å². The summed E-state index contributed by atoms with van der Waals surface area (Å²) < 4.78 is 0. The van der Waals surface area contributed by atoms with Crippen molar-refractivity contribution < 1.29 is 70.0 Å². The summed E-state index contributed by atoms with van der Waals surface area (Å²) in [6.07, 6.45) is 0. The first-order valence-corrected chi connectivity index (χ1v) is 0. The SMILES string of the molecule is [Fe].[H-].[Li+].[O-2].[O-2].[Ti+4]. The van der Waals surface area contributed by atoms with E-state index in [1.807, 2.05) is 0 Å². The molecule has 0 aromatic heterocycles. The maximum Gasteiger partial charge on any atom is 4.00 e. The fourth-order valence-corrected chi connectivity index (χ4v) is 0. The van der Waals surface area contributed by atoms with Crippen LogP contribution in [0, 0.1) is 0 Å². The van der Waals surface area contributed by atoms with E-state index in [1.54, 1.807) is 0 Å².